The fraction of sp³-hybridized carbons (Fsp3) is 0.286. The first-order chi connectivity index (χ1) is 14.0. The molecule has 0 N–H and O–H groups in total. The lowest BCUT2D eigenvalue weighted by Gasteiger charge is -2.31. The molecular formula is C21H20N2O5S. The Balaban J connectivity index is 1.64. The van der Waals surface area contributed by atoms with Crippen molar-refractivity contribution in [2.75, 3.05) is 26.2 Å². The van der Waals surface area contributed by atoms with Gasteiger partial charge >= 0.3 is 5.97 Å². The Morgan fingerprint density at radius 1 is 1.03 bits per heavy atom. The molecule has 4 rings (SSSR count). The van der Waals surface area contributed by atoms with Crippen molar-refractivity contribution >= 4 is 34.9 Å². The van der Waals surface area contributed by atoms with E-state index in [1.807, 2.05) is 17.0 Å². The van der Waals surface area contributed by atoms with Crippen molar-refractivity contribution in [1.82, 2.24) is 4.90 Å². The van der Waals surface area contributed by atoms with Crippen LogP contribution in [0.4, 0.5) is 5.69 Å². The SMILES string of the molecule is COC(=O)c1ccc(N2C(=O)[C@@H]3Cc4cc(OC)c(OC)cc4CN3C2=S)cc1. The molecule has 0 aromatic heterocycles. The Morgan fingerprint density at radius 2 is 1.66 bits per heavy atom. The average Bonchev–Trinajstić information content (AvgIpc) is 3.00. The van der Waals surface area contributed by atoms with Crippen LogP contribution in [0, 0.1) is 0 Å². The highest BCUT2D eigenvalue weighted by atomic mass is 32.1. The zero-order valence-corrected chi connectivity index (χ0v) is 17.1. The Morgan fingerprint density at radius 3 is 2.24 bits per heavy atom. The molecule has 150 valence electrons. The predicted octanol–water partition coefficient (Wildman–Crippen LogP) is 2.55. The van der Waals surface area contributed by atoms with E-state index in [1.54, 1.807) is 38.5 Å². The minimum absolute atomic E-state index is 0.0822. The second-order valence-corrected chi connectivity index (χ2v) is 7.18. The van der Waals surface area contributed by atoms with Crippen LogP contribution in [0.3, 0.4) is 0 Å². The normalized spacial score (nSPS) is 17.7. The molecule has 2 aliphatic heterocycles. The van der Waals surface area contributed by atoms with Crippen molar-refractivity contribution in [3.63, 3.8) is 0 Å². The van der Waals surface area contributed by atoms with Crippen molar-refractivity contribution in [2.24, 2.45) is 0 Å². The van der Waals surface area contributed by atoms with Crippen molar-refractivity contribution in [3.05, 3.63) is 53.1 Å². The summed E-state index contributed by atoms with van der Waals surface area (Å²) in [7, 11) is 4.52. The maximum atomic E-state index is 13.2. The van der Waals surface area contributed by atoms with Crippen LogP contribution in [-0.4, -0.2) is 49.3 Å². The molecule has 7 nitrogen and oxygen atoms in total. The molecule has 1 saturated heterocycles. The van der Waals surface area contributed by atoms with Crippen LogP contribution < -0.4 is 14.4 Å². The number of fused-ring (bicyclic) bond motifs is 2. The summed E-state index contributed by atoms with van der Waals surface area (Å²) in [6.07, 6.45) is 0.533. The number of hydrogen-bond acceptors (Lipinski definition) is 6. The Kier molecular flexibility index (Phi) is 4.87. The third kappa shape index (κ3) is 3.09. The number of anilines is 1. The first-order valence-electron chi connectivity index (χ1n) is 9.05. The molecule has 1 amide bonds. The molecule has 1 fully saturated rings. The minimum Gasteiger partial charge on any atom is -0.493 e. The second-order valence-electron chi connectivity index (χ2n) is 6.82. The van der Waals surface area contributed by atoms with E-state index in [1.165, 1.54) is 12.0 Å². The Bertz CT molecular complexity index is 954. The first kappa shape index (κ1) is 19.2. The van der Waals surface area contributed by atoms with Crippen LogP contribution in [-0.2, 0) is 22.5 Å². The van der Waals surface area contributed by atoms with E-state index in [0.29, 0.717) is 40.8 Å². The van der Waals surface area contributed by atoms with Crippen LogP contribution >= 0.6 is 12.2 Å². The monoisotopic (exact) mass is 412 g/mol. The van der Waals surface area contributed by atoms with Crippen molar-refractivity contribution in [3.8, 4) is 11.5 Å². The summed E-state index contributed by atoms with van der Waals surface area (Å²) in [5.41, 5.74) is 3.14. The number of benzene rings is 2. The molecule has 8 heteroatoms. The fourth-order valence-electron chi connectivity index (χ4n) is 3.81. The molecule has 0 bridgehead atoms. The van der Waals surface area contributed by atoms with Crippen LogP contribution in [0.25, 0.3) is 0 Å². The summed E-state index contributed by atoms with van der Waals surface area (Å²) in [6, 6.07) is 10.1. The van der Waals surface area contributed by atoms with Crippen LogP contribution in [0.5, 0.6) is 11.5 Å². The van der Waals surface area contributed by atoms with E-state index in [2.05, 4.69) is 0 Å². The summed E-state index contributed by atoms with van der Waals surface area (Å²) in [6.45, 7) is 0.516. The van der Waals surface area contributed by atoms with Gasteiger partial charge in [-0.05, 0) is 59.7 Å². The molecule has 0 radical (unpaired) electrons. The smallest absolute Gasteiger partial charge is 0.337 e. The maximum absolute atomic E-state index is 13.2. The third-order valence-corrected chi connectivity index (χ3v) is 5.74. The largest absolute Gasteiger partial charge is 0.493 e. The molecular weight excluding hydrogens is 392 g/mol. The van der Waals surface area contributed by atoms with Crippen LogP contribution in [0.2, 0.25) is 0 Å². The second kappa shape index (κ2) is 7.36. The zero-order valence-electron chi connectivity index (χ0n) is 16.3. The maximum Gasteiger partial charge on any atom is 0.337 e. The number of ether oxygens (including phenoxy) is 3. The van der Waals surface area contributed by atoms with Gasteiger partial charge in [-0.15, -0.1) is 0 Å². The van der Waals surface area contributed by atoms with Gasteiger partial charge in [0.2, 0.25) is 0 Å². The first-order valence-corrected chi connectivity index (χ1v) is 9.46. The standard InChI is InChI=1S/C21H20N2O5S/c1-26-17-9-13-8-16-19(24)23(15-6-4-12(5-7-15)20(25)28-3)21(29)22(16)11-14(13)10-18(17)27-2/h4-7,9-10,16H,8,11H2,1-3H3/t16-/m0/s1. The Labute approximate surface area is 173 Å². The molecule has 29 heavy (non-hydrogen) atoms. The van der Waals surface area contributed by atoms with Gasteiger partial charge in [0.1, 0.15) is 6.04 Å². The number of carbonyl (C=O) groups excluding carboxylic acids is 2. The molecule has 0 aliphatic carbocycles. The van der Waals surface area contributed by atoms with Gasteiger partial charge in [0.05, 0.1) is 32.6 Å². The van der Waals surface area contributed by atoms with E-state index in [-0.39, 0.29) is 11.9 Å². The van der Waals surface area contributed by atoms with Crippen LogP contribution in [0.15, 0.2) is 36.4 Å². The number of methoxy groups -OCH3 is 3. The summed E-state index contributed by atoms with van der Waals surface area (Å²) < 4.78 is 15.5. The van der Waals surface area contributed by atoms with Gasteiger partial charge in [-0.1, -0.05) is 0 Å². The van der Waals surface area contributed by atoms with E-state index < -0.39 is 5.97 Å². The minimum atomic E-state index is -0.428. The van der Waals surface area contributed by atoms with Gasteiger partial charge in [0.25, 0.3) is 5.91 Å². The van der Waals surface area contributed by atoms with Gasteiger partial charge in [-0.2, -0.15) is 0 Å². The molecule has 0 spiro atoms. The molecule has 0 saturated carbocycles. The molecule has 2 heterocycles. The number of carbonyl (C=O) groups is 2. The number of hydrogen-bond donors (Lipinski definition) is 0. The summed E-state index contributed by atoms with van der Waals surface area (Å²) in [4.78, 5) is 28.3. The predicted molar refractivity (Wildman–Crippen MR) is 110 cm³/mol. The highest BCUT2D eigenvalue weighted by molar-refractivity contribution is 7.80. The Hall–Kier alpha value is -3.13. The topological polar surface area (TPSA) is 68.3 Å². The quantitative estimate of drug-likeness (QED) is 0.565. The molecule has 2 aliphatic rings. The summed E-state index contributed by atoms with van der Waals surface area (Å²) >= 11 is 5.63. The van der Waals surface area contributed by atoms with Gasteiger partial charge in [-0.3, -0.25) is 9.69 Å². The zero-order chi connectivity index (χ0) is 20.7. The van der Waals surface area contributed by atoms with Gasteiger partial charge in [0.15, 0.2) is 16.6 Å². The van der Waals surface area contributed by atoms with Gasteiger partial charge in [0, 0.05) is 13.0 Å². The van der Waals surface area contributed by atoms with E-state index in [4.69, 9.17) is 26.4 Å². The lowest BCUT2D eigenvalue weighted by molar-refractivity contribution is -0.120. The highest BCUT2D eigenvalue weighted by Gasteiger charge is 2.45. The third-order valence-electron chi connectivity index (χ3n) is 5.32. The number of esters is 1. The van der Waals surface area contributed by atoms with Crippen molar-refractivity contribution in [1.29, 1.82) is 0 Å². The van der Waals surface area contributed by atoms with Gasteiger partial charge < -0.3 is 19.1 Å². The average molecular weight is 412 g/mol. The number of amides is 1. The van der Waals surface area contributed by atoms with Gasteiger partial charge in [-0.25, -0.2) is 4.79 Å². The number of rotatable bonds is 4. The number of thiocarbonyl (C=S) groups is 1. The molecule has 2 aromatic rings. The van der Waals surface area contributed by atoms with E-state index in [9.17, 15) is 9.59 Å². The fourth-order valence-corrected chi connectivity index (χ4v) is 4.20. The van der Waals surface area contributed by atoms with Crippen molar-refractivity contribution < 1.29 is 23.8 Å². The lowest BCUT2D eigenvalue weighted by atomic mass is 9.94. The van der Waals surface area contributed by atoms with Crippen molar-refractivity contribution in [2.45, 2.75) is 19.0 Å². The summed E-state index contributed by atoms with van der Waals surface area (Å²) in [5.74, 6) is 0.781. The molecule has 2 aromatic carbocycles. The molecule has 1 atom stereocenters. The lowest BCUT2D eigenvalue weighted by Crippen LogP contribution is -2.40. The highest BCUT2D eigenvalue weighted by Crippen LogP contribution is 2.38. The molecule has 0 unspecified atom stereocenters. The van der Waals surface area contributed by atoms with E-state index in [0.717, 1.165) is 11.1 Å². The van der Waals surface area contributed by atoms with E-state index >= 15 is 0 Å². The number of nitrogens with zero attached hydrogens (tertiary/aromatic N) is 2. The van der Waals surface area contributed by atoms with Crippen LogP contribution in [0.1, 0.15) is 21.5 Å². The summed E-state index contributed by atoms with van der Waals surface area (Å²) in [5, 5.41) is 0.450.